The molecule has 0 aliphatic rings. The third-order valence-corrected chi connectivity index (χ3v) is 4.86. The molecule has 2 rings (SSSR count). The van der Waals surface area contributed by atoms with Gasteiger partial charge in [-0.15, -0.1) is 0 Å². The number of carbonyl (C=O) groups is 1. The van der Waals surface area contributed by atoms with E-state index in [0.717, 1.165) is 9.13 Å². The first kappa shape index (κ1) is 28.3. The topological polar surface area (TPSA) is 113 Å². The molecule has 0 amide bonds. The van der Waals surface area contributed by atoms with Crippen LogP contribution in [0.15, 0.2) is 54.6 Å². The molecule has 0 aliphatic carbocycles. The molecule has 0 bridgehead atoms. The molecule has 0 fully saturated rings. The third kappa shape index (κ3) is 9.75. The maximum absolute atomic E-state index is 12.0. The molecular weight excluding hydrogens is 592 g/mol. The van der Waals surface area contributed by atoms with Gasteiger partial charge >= 0.3 is 29.9 Å². The van der Waals surface area contributed by atoms with Crippen molar-refractivity contribution in [1.29, 1.82) is 0 Å². The summed E-state index contributed by atoms with van der Waals surface area (Å²) >= 11 is 2.21. The van der Waals surface area contributed by atoms with Gasteiger partial charge in [0.2, 0.25) is 0 Å². The summed E-state index contributed by atoms with van der Waals surface area (Å²) < 4.78 is 6.55. The minimum atomic E-state index is -1.21. The molecule has 0 unspecified atom stereocenters. The van der Waals surface area contributed by atoms with Gasteiger partial charge in [-0.2, -0.15) is 0 Å². The Balaban J connectivity index is 0.000000747. The molecule has 0 aromatic heterocycles. The van der Waals surface area contributed by atoms with Crippen molar-refractivity contribution in [3.05, 3.63) is 69.3 Å². The zero-order valence-corrected chi connectivity index (χ0v) is 23.0. The molecule has 8 heteroatoms. The normalized spacial score (nSPS) is 11.0. The molecule has 2 aromatic carbocycles. The number of carbonyl (C=O) groups excluding carboxylic acids is 1. The van der Waals surface area contributed by atoms with E-state index in [-0.39, 0.29) is 35.3 Å². The molecule has 6 nitrogen and oxygen atoms in total. The summed E-state index contributed by atoms with van der Waals surface area (Å²) in [6.07, 6.45) is 0. The predicted molar refractivity (Wildman–Crippen MR) is 126 cm³/mol. The quantitative estimate of drug-likeness (QED) is 0.210. The zero-order chi connectivity index (χ0) is 21.2. The SMILES string of the molecule is CC(C)(COC(=O)c1ccc(I)cc1)c1ccccc1.NC(CO)(CO)CO.[SnH2]. The van der Waals surface area contributed by atoms with Crippen LogP contribution in [0.1, 0.15) is 29.8 Å². The molecule has 29 heavy (non-hydrogen) atoms. The Morgan fingerprint density at radius 1 is 0.966 bits per heavy atom. The van der Waals surface area contributed by atoms with E-state index in [0.29, 0.717) is 12.2 Å². The van der Waals surface area contributed by atoms with E-state index in [2.05, 4.69) is 48.6 Å². The average Bonchev–Trinajstić information content (AvgIpc) is 2.73. The van der Waals surface area contributed by atoms with Crippen LogP contribution in [0, 0.1) is 3.57 Å². The Hall–Kier alpha value is -0.721. The molecule has 0 saturated heterocycles. The van der Waals surface area contributed by atoms with Gasteiger partial charge < -0.3 is 25.8 Å². The van der Waals surface area contributed by atoms with Crippen molar-refractivity contribution in [2.24, 2.45) is 5.73 Å². The van der Waals surface area contributed by atoms with Crippen molar-refractivity contribution in [2.45, 2.75) is 24.8 Å². The van der Waals surface area contributed by atoms with Gasteiger partial charge in [-0.05, 0) is 52.4 Å². The molecule has 0 atom stereocenters. The van der Waals surface area contributed by atoms with Crippen molar-refractivity contribution >= 4 is 52.5 Å². The third-order valence-electron chi connectivity index (χ3n) is 4.14. The number of halogens is 1. The van der Waals surface area contributed by atoms with Crippen molar-refractivity contribution < 1.29 is 24.9 Å². The molecule has 5 N–H and O–H groups in total. The van der Waals surface area contributed by atoms with Crippen LogP contribution in [0.2, 0.25) is 0 Å². The summed E-state index contributed by atoms with van der Waals surface area (Å²) in [5, 5.41) is 25.0. The molecular formula is C21H30INO5Sn. The fourth-order valence-electron chi connectivity index (χ4n) is 2.04. The fourth-order valence-corrected chi connectivity index (χ4v) is 2.40. The minimum absolute atomic E-state index is 0. The average molecular weight is 622 g/mol. The Labute approximate surface area is 202 Å². The van der Waals surface area contributed by atoms with Gasteiger partial charge in [-0.3, -0.25) is 0 Å². The van der Waals surface area contributed by atoms with Crippen LogP contribution in [0.4, 0.5) is 0 Å². The number of aliphatic hydroxyl groups is 3. The van der Waals surface area contributed by atoms with E-state index in [4.69, 9.17) is 25.8 Å². The number of benzene rings is 2. The monoisotopic (exact) mass is 623 g/mol. The van der Waals surface area contributed by atoms with Gasteiger partial charge in [0.15, 0.2) is 0 Å². The molecule has 160 valence electrons. The summed E-state index contributed by atoms with van der Waals surface area (Å²) in [4.78, 5) is 12.0. The van der Waals surface area contributed by atoms with E-state index in [1.54, 1.807) is 12.1 Å². The molecule has 0 aliphatic heterocycles. The van der Waals surface area contributed by atoms with Crippen LogP contribution < -0.4 is 5.73 Å². The number of hydrogen-bond acceptors (Lipinski definition) is 6. The molecule has 2 radical (unpaired) electrons. The molecule has 2 aromatic rings. The van der Waals surface area contributed by atoms with Crippen LogP contribution >= 0.6 is 22.6 Å². The number of esters is 1. The van der Waals surface area contributed by atoms with Gasteiger partial charge in [0.1, 0.15) is 6.61 Å². The van der Waals surface area contributed by atoms with Crippen LogP contribution in [-0.2, 0) is 10.2 Å². The van der Waals surface area contributed by atoms with Crippen LogP contribution in [0.5, 0.6) is 0 Å². The first-order valence-electron chi connectivity index (χ1n) is 8.77. The Morgan fingerprint density at radius 2 is 1.45 bits per heavy atom. The Morgan fingerprint density at radius 3 is 1.86 bits per heavy atom. The number of ether oxygens (including phenoxy) is 1. The van der Waals surface area contributed by atoms with E-state index in [1.807, 2.05) is 30.3 Å². The van der Waals surface area contributed by atoms with Gasteiger partial charge in [0.05, 0.1) is 30.9 Å². The van der Waals surface area contributed by atoms with Crippen molar-refractivity contribution in [3.8, 4) is 0 Å². The molecule has 0 saturated carbocycles. The van der Waals surface area contributed by atoms with Gasteiger partial charge in [0.25, 0.3) is 0 Å². The van der Waals surface area contributed by atoms with Gasteiger partial charge in [-0.1, -0.05) is 44.2 Å². The standard InChI is InChI=1S/C17H17IO2.C4H11NO3.Sn.2H/c1-17(2,14-6-4-3-5-7-14)12-20-16(19)13-8-10-15(18)11-9-13;5-4(1-6,2-7)3-8;;;/h3-11H,12H2,1-2H3;6-8H,1-3,5H2;;;. The molecule has 0 spiro atoms. The first-order valence-corrected chi connectivity index (χ1v) is 9.85. The van der Waals surface area contributed by atoms with Gasteiger partial charge in [0, 0.05) is 8.99 Å². The second kappa shape index (κ2) is 13.6. The van der Waals surface area contributed by atoms with Crippen molar-refractivity contribution in [3.63, 3.8) is 0 Å². The van der Waals surface area contributed by atoms with Crippen molar-refractivity contribution in [2.75, 3.05) is 26.4 Å². The predicted octanol–water partition coefficient (Wildman–Crippen LogP) is 1.17. The Kier molecular flexibility index (Phi) is 13.2. The van der Waals surface area contributed by atoms with E-state index < -0.39 is 25.4 Å². The van der Waals surface area contributed by atoms with E-state index >= 15 is 0 Å². The number of hydrogen-bond donors (Lipinski definition) is 4. The van der Waals surface area contributed by atoms with Gasteiger partial charge in [-0.25, -0.2) is 4.79 Å². The van der Waals surface area contributed by atoms with Crippen LogP contribution in [0.25, 0.3) is 0 Å². The summed E-state index contributed by atoms with van der Waals surface area (Å²) in [5.41, 5.74) is 5.50. The second-order valence-corrected chi connectivity index (χ2v) is 8.42. The van der Waals surface area contributed by atoms with E-state index in [9.17, 15) is 4.79 Å². The maximum atomic E-state index is 12.0. The number of nitrogens with two attached hydrogens (primary N) is 1. The molecule has 0 heterocycles. The number of aliphatic hydroxyl groups excluding tert-OH is 3. The second-order valence-electron chi connectivity index (χ2n) is 7.17. The summed E-state index contributed by atoms with van der Waals surface area (Å²) in [5.74, 6) is -0.273. The van der Waals surface area contributed by atoms with Crippen LogP contribution in [-0.4, -0.2) is 77.2 Å². The van der Waals surface area contributed by atoms with E-state index in [1.165, 1.54) is 0 Å². The van der Waals surface area contributed by atoms with Crippen LogP contribution in [0.3, 0.4) is 0 Å². The summed E-state index contributed by atoms with van der Waals surface area (Å²) in [6.45, 7) is 3.30. The first-order chi connectivity index (χ1) is 13.2. The summed E-state index contributed by atoms with van der Waals surface area (Å²) in [7, 11) is 0. The number of rotatable bonds is 7. The Bertz CT molecular complexity index is 713. The summed E-state index contributed by atoms with van der Waals surface area (Å²) in [6, 6.07) is 17.5. The fraction of sp³-hybridized carbons (Fsp3) is 0.381. The zero-order valence-electron chi connectivity index (χ0n) is 16.8. The van der Waals surface area contributed by atoms with Crippen molar-refractivity contribution in [1.82, 2.24) is 0 Å².